The van der Waals surface area contributed by atoms with Gasteiger partial charge in [0.25, 0.3) is 0 Å². The van der Waals surface area contributed by atoms with E-state index in [-0.39, 0.29) is 0 Å². The number of nitrogens with zero attached hydrogens (tertiary/aromatic N) is 1. The van der Waals surface area contributed by atoms with Gasteiger partial charge in [-0.25, -0.2) is 4.98 Å². The number of benzene rings is 1. The number of fused-ring (bicyclic) bond motifs is 1. The molecule has 1 heterocycles. The van der Waals surface area contributed by atoms with Crippen LogP contribution in [0.3, 0.4) is 0 Å². The Morgan fingerprint density at radius 3 is 2.88 bits per heavy atom. The number of thiazole rings is 1. The highest BCUT2D eigenvalue weighted by atomic mass is 32.1. The molecule has 0 amide bonds. The van der Waals surface area contributed by atoms with Gasteiger partial charge in [-0.15, -0.1) is 11.3 Å². The molecule has 0 bridgehead atoms. The number of para-hydroxylation sites is 1. The minimum Gasteiger partial charge on any atom is -0.315 e. The van der Waals surface area contributed by atoms with Crippen molar-refractivity contribution >= 4 is 21.6 Å². The Balaban J connectivity index is 1.89. The summed E-state index contributed by atoms with van der Waals surface area (Å²) in [6.07, 6.45) is 2.25. The van der Waals surface area contributed by atoms with Gasteiger partial charge in [0.05, 0.1) is 15.2 Å². The summed E-state index contributed by atoms with van der Waals surface area (Å²) in [5, 5.41) is 4.68. The fraction of sp³-hybridized carbons (Fsp3) is 0.462. The summed E-state index contributed by atoms with van der Waals surface area (Å²) in [5.74, 6) is 0. The molecule has 0 atom stereocenters. The Labute approximate surface area is 101 Å². The molecule has 0 aliphatic carbocycles. The highest BCUT2D eigenvalue weighted by molar-refractivity contribution is 7.18. The first kappa shape index (κ1) is 11.6. The van der Waals surface area contributed by atoms with Crippen molar-refractivity contribution in [1.29, 1.82) is 0 Å². The molecule has 0 radical (unpaired) electrons. The molecule has 2 nitrogen and oxygen atoms in total. The molecule has 3 heteroatoms. The van der Waals surface area contributed by atoms with E-state index in [1.54, 1.807) is 0 Å². The number of aryl methyl sites for hydroxylation is 1. The predicted molar refractivity (Wildman–Crippen MR) is 71.1 cm³/mol. The molecule has 0 spiro atoms. The van der Waals surface area contributed by atoms with Crippen LogP contribution in [0.2, 0.25) is 0 Å². The average molecular weight is 234 g/mol. The fourth-order valence-electron chi connectivity index (χ4n) is 1.66. The van der Waals surface area contributed by atoms with Crippen molar-refractivity contribution in [3.63, 3.8) is 0 Å². The summed E-state index contributed by atoms with van der Waals surface area (Å²) < 4.78 is 1.30. The van der Waals surface area contributed by atoms with E-state index in [1.165, 1.54) is 9.71 Å². The Morgan fingerprint density at radius 2 is 2.12 bits per heavy atom. The Hall–Kier alpha value is -0.930. The van der Waals surface area contributed by atoms with Crippen LogP contribution in [0.5, 0.6) is 0 Å². The molecule has 0 saturated heterocycles. The SMILES string of the molecule is CC(C)NCCCc1nc2ccccc2s1. The molecule has 0 aliphatic heterocycles. The zero-order valence-corrected chi connectivity index (χ0v) is 10.7. The van der Waals surface area contributed by atoms with Gasteiger partial charge in [-0.2, -0.15) is 0 Å². The van der Waals surface area contributed by atoms with Gasteiger partial charge in [0.15, 0.2) is 0 Å². The lowest BCUT2D eigenvalue weighted by Gasteiger charge is -2.05. The summed E-state index contributed by atoms with van der Waals surface area (Å²) in [6.45, 7) is 5.43. The molecule has 1 aromatic carbocycles. The smallest absolute Gasteiger partial charge is 0.0939 e. The molecule has 86 valence electrons. The monoisotopic (exact) mass is 234 g/mol. The van der Waals surface area contributed by atoms with E-state index in [0.29, 0.717) is 6.04 Å². The van der Waals surface area contributed by atoms with Crippen LogP contribution in [0.1, 0.15) is 25.3 Å². The first-order valence-electron chi connectivity index (χ1n) is 5.83. The van der Waals surface area contributed by atoms with E-state index >= 15 is 0 Å². The van der Waals surface area contributed by atoms with E-state index in [9.17, 15) is 0 Å². The van der Waals surface area contributed by atoms with Crippen LogP contribution in [0.25, 0.3) is 10.2 Å². The van der Waals surface area contributed by atoms with Crippen molar-refractivity contribution < 1.29 is 0 Å². The zero-order valence-electron chi connectivity index (χ0n) is 9.86. The van der Waals surface area contributed by atoms with Gasteiger partial charge in [0.1, 0.15) is 0 Å². The molecule has 2 aromatic rings. The lowest BCUT2D eigenvalue weighted by molar-refractivity contribution is 0.570. The highest BCUT2D eigenvalue weighted by Crippen LogP contribution is 2.22. The minimum atomic E-state index is 0.579. The Bertz CT molecular complexity index is 415. The van der Waals surface area contributed by atoms with E-state index in [1.807, 2.05) is 17.4 Å². The largest absolute Gasteiger partial charge is 0.315 e. The first-order chi connectivity index (χ1) is 7.75. The third-order valence-electron chi connectivity index (χ3n) is 2.46. The standard InChI is InChI=1S/C13H18N2S/c1-10(2)14-9-5-8-13-15-11-6-3-4-7-12(11)16-13/h3-4,6-7,10,14H,5,8-9H2,1-2H3. The lowest BCUT2D eigenvalue weighted by Crippen LogP contribution is -2.23. The summed E-state index contributed by atoms with van der Waals surface area (Å²) in [7, 11) is 0. The zero-order chi connectivity index (χ0) is 11.4. The highest BCUT2D eigenvalue weighted by Gasteiger charge is 2.02. The van der Waals surface area contributed by atoms with Crippen LogP contribution >= 0.6 is 11.3 Å². The van der Waals surface area contributed by atoms with Gasteiger partial charge in [-0.1, -0.05) is 26.0 Å². The molecule has 2 rings (SSSR count). The first-order valence-corrected chi connectivity index (χ1v) is 6.65. The third kappa shape index (κ3) is 3.03. The number of hydrogen-bond acceptors (Lipinski definition) is 3. The second kappa shape index (κ2) is 5.41. The van der Waals surface area contributed by atoms with Gasteiger partial charge in [0, 0.05) is 12.5 Å². The number of aromatic nitrogens is 1. The van der Waals surface area contributed by atoms with E-state index in [2.05, 4.69) is 42.3 Å². The topological polar surface area (TPSA) is 24.9 Å². The molecular formula is C13H18N2S. The predicted octanol–water partition coefficient (Wildman–Crippen LogP) is 3.23. The molecular weight excluding hydrogens is 216 g/mol. The Morgan fingerprint density at radius 1 is 1.31 bits per heavy atom. The quantitative estimate of drug-likeness (QED) is 0.803. The van der Waals surface area contributed by atoms with Gasteiger partial charge in [0.2, 0.25) is 0 Å². The van der Waals surface area contributed by atoms with Crippen LogP contribution < -0.4 is 5.32 Å². The van der Waals surface area contributed by atoms with Crippen LogP contribution in [-0.4, -0.2) is 17.6 Å². The fourth-order valence-corrected chi connectivity index (χ4v) is 2.67. The van der Waals surface area contributed by atoms with Crippen molar-refractivity contribution in [1.82, 2.24) is 10.3 Å². The lowest BCUT2D eigenvalue weighted by atomic mass is 10.3. The molecule has 0 fully saturated rings. The molecule has 0 aliphatic rings. The maximum Gasteiger partial charge on any atom is 0.0939 e. The van der Waals surface area contributed by atoms with Crippen molar-refractivity contribution in [2.24, 2.45) is 0 Å². The maximum atomic E-state index is 4.62. The molecule has 1 aromatic heterocycles. The van der Waals surface area contributed by atoms with Gasteiger partial charge in [-0.3, -0.25) is 0 Å². The maximum absolute atomic E-state index is 4.62. The number of hydrogen-bond donors (Lipinski definition) is 1. The van der Waals surface area contributed by atoms with Crippen molar-refractivity contribution in [3.8, 4) is 0 Å². The second-order valence-corrected chi connectivity index (χ2v) is 5.40. The van der Waals surface area contributed by atoms with E-state index in [4.69, 9.17) is 0 Å². The second-order valence-electron chi connectivity index (χ2n) is 4.29. The normalized spacial score (nSPS) is 11.4. The van der Waals surface area contributed by atoms with Crippen LogP contribution in [0.4, 0.5) is 0 Å². The molecule has 0 saturated carbocycles. The number of nitrogens with one attached hydrogen (secondary N) is 1. The van der Waals surface area contributed by atoms with Crippen LogP contribution in [0, 0.1) is 0 Å². The van der Waals surface area contributed by atoms with Gasteiger partial charge < -0.3 is 5.32 Å². The summed E-state index contributed by atoms with van der Waals surface area (Å²) in [4.78, 5) is 4.62. The minimum absolute atomic E-state index is 0.579. The van der Waals surface area contributed by atoms with E-state index in [0.717, 1.165) is 24.9 Å². The van der Waals surface area contributed by atoms with Gasteiger partial charge in [-0.05, 0) is 25.1 Å². The van der Waals surface area contributed by atoms with Gasteiger partial charge >= 0.3 is 0 Å². The van der Waals surface area contributed by atoms with Crippen molar-refractivity contribution in [3.05, 3.63) is 29.3 Å². The number of rotatable bonds is 5. The van der Waals surface area contributed by atoms with Crippen LogP contribution in [0.15, 0.2) is 24.3 Å². The van der Waals surface area contributed by atoms with Crippen molar-refractivity contribution in [2.45, 2.75) is 32.7 Å². The van der Waals surface area contributed by atoms with E-state index < -0.39 is 0 Å². The third-order valence-corrected chi connectivity index (χ3v) is 3.55. The average Bonchev–Trinajstić information content (AvgIpc) is 2.66. The molecule has 16 heavy (non-hydrogen) atoms. The Kier molecular flexibility index (Phi) is 3.91. The van der Waals surface area contributed by atoms with Crippen LogP contribution in [-0.2, 0) is 6.42 Å². The summed E-state index contributed by atoms with van der Waals surface area (Å²) in [6, 6.07) is 8.93. The summed E-state index contributed by atoms with van der Waals surface area (Å²) in [5.41, 5.74) is 1.14. The molecule has 0 unspecified atom stereocenters. The molecule has 1 N–H and O–H groups in total. The van der Waals surface area contributed by atoms with Crippen molar-refractivity contribution in [2.75, 3.05) is 6.54 Å². The summed E-state index contributed by atoms with van der Waals surface area (Å²) >= 11 is 1.82.